The van der Waals surface area contributed by atoms with Gasteiger partial charge in [-0.15, -0.1) is 0 Å². The van der Waals surface area contributed by atoms with Crippen molar-refractivity contribution in [1.29, 1.82) is 0 Å². The molecule has 4 heteroatoms. The molecule has 3 aliphatic carbocycles. The number of nitrogens with zero attached hydrogens (tertiary/aromatic N) is 2. The van der Waals surface area contributed by atoms with E-state index < -0.39 is 5.54 Å². The highest BCUT2D eigenvalue weighted by Gasteiger charge is 2.65. The maximum absolute atomic E-state index is 14.0. The lowest BCUT2D eigenvalue weighted by atomic mass is 9.61. The molecule has 0 aromatic heterocycles. The van der Waals surface area contributed by atoms with Gasteiger partial charge in [0, 0.05) is 26.1 Å². The molecule has 2 atom stereocenters. The van der Waals surface area contributed by atoms with E-state index in [1.807, 2.05) is 11.9 Å². The third-order valence-corrected chi connectivity index (χ3v) is 7.89. The molecule has 0 heterocycles. The first-order valence-electron chi connectivity index (χ1n) is 12.0. The number of amides is 1. The molecule has 0 N–H and O–H groups in total. The standard InChI is InChI=1S/C26H42N2O2/c1-7-16-28(5)24(29)26(27-4)23-17-20(9-8-19(2)3)10-11-21(23)18-25(26)14-12-22(30-6)13-15-25/h11,17,19-20,22H,4,7-10,12-16,18H2,1-3,5-6H3. The molecule has 1 spiro atoms. The largest absolute Gasteiger partial charge is 0.381 e. The van der Waals surface area contributed by atoms with E-state index in [0.29, 0.717) is 17.9 Å². The molecule has 30 heavy (non-hydrogen) atoms. The minimum atomic E-state index is -0.835. The Kier molecular flexibility index (Phi) is 7.27. The van der Waals surface area contributed by atoms with Gasteiger partial charge in [0.25, 0.3) is 5.91 Å². The predicted molar refractivity (Wildman–Crippen MR) is 125 cm³/mol. The molecular weight excluding hydrogens is 372 g/mol. The van der Waals surface area contributed by atoms with Crippen LogP contribution in [0.15, 0.2) is 28.3 Å². The smallest absolute Gasteiger partial charge is 0.255 e. The van der Waals surface area contributed by atoms with Crippen LogP contribution in [-0.4, -0.2) is 49.9 Å². The molecule has 2 fully saturated rings. The Hall–Kier alpha value is -1.42. The number of ether oxygens (including phenoxy) is 1. The lowest BCUT2D eigenvalue weighted by Crippen LogP contribution is -2.57. The fourth-order valence-corrected chi connectivity index (χ4v) is 6.16. The number of hydrogen-bond donors (Lipinski definition) is 0. The summed E-state index contributed by atoms with van der Waals surface area (Å²) in [4.78, 5) is 20.7. The van der Waals surface area contributed by atoms with Gasteiger partial charge in [0.1, 0.15) is 0 Å². The van der Waals surface area contributed by atoms with E-state index in [0.717, 1.165) is 51.5 Å². The van der Waals surface area contributed by atoms with Gasteiger partial charge in [-0.05, 0) is 81.1 Å². The van der Waals surface area contributed by atoms with Gasteiger partial charge in [0.15, 0.2) is 5.54 Å². The molecular formula is C26H42N2O2. The van der Waals surface area contributed by atoms with Crippen LogP contribution in [0, 0.1) is 17.3 Å². The lowest BCUT2D eigenvalue weighted by Gasteiger charge is -2.47. The number of aliphatic imine (C=N–C) groups is 1. The van der Waals surface area contributed by atoms with Crippen molar-refractivity contribution in [2.24, 2.45) is 22.2 Å². The first kappa shape index (κ1) is 23.2. The Labute approximate surface area is 183 Å². The average molecular weight is 415 g/mol. The summed E-state index contributed by atoms with van der Waals surface area (Å²) in [7, 11) is 3.75. The Morgan fingerprint density at radius 1 is 1.37 bits per heavy atom. The quantitative estimate of drug-likeness (QED) is 0.486. The summed E-state index contributed by atoms with van der Waals surface area (Å²) in [5.41, 5.74) is 1.55. The highest BCUT2D eigenvalue weighted by atomic mass is 16.5. The first-order valence-corrected chi connectivity index (χ1v) is 12.0. The topological polar surface area (TPSA) is 41.9 Å². The van der Waals surface area contributed by atoms with Gasteiger partial charge >= 0.3 is 0 Å². The molecule has 2 saturated carbocycles. The van der Waals surface area contributed by atoms with Gasteiger partial charge in [-0.2, -0.15) is 0 Å². The van der Waals surface area contributed by atoms with Gasteiger partial charge in [-0.3, -0.25) is 9.79 Å². The molecule has 0 aromatic rings. The summed E-state index contributed by atoms with van der Waals surface area (Å²) in [6.45, 7) is 11.5. The molecule has 4 nitrogen and oxygen atoms in total. The normalized spacial score (nSPS) is 33.3. The summed E-state index contributed by atoms with van der Waals surface area (Å²) >= 11 is 0. The monoisotopic (exact) mass is 414 g/mol. The molecule has 2 unspecified atom stereocenters. The van der Waals surface area contributed by atoms with Crippen LogP contribution < -0.4 is 0 Å². The average Bonchev–Trinajstić information content (AvgIpc) is 3.01. The fraction of sp³-hybridized carbons (Fsp3) is 0.769. The van der Waals surface area contributed by atoms with Crippen molar-refractivity contribution >= 4 is 12.6 Å². The van der Waals surface area contributed by atoms with E-state index in [1.165, 1.54) is 24.0 Å². The van der Waals surface area contributed by atoms with Crippen molar-refractivity contribution in [2.75, 3.05) is 20.7 Å². The molecule has 3 aliphatic rings. The second-order valence-electron chi connectivity index (χ2n) is 10.3. The van der Waals surface area contributed by atoms with Crippen molar-refractivity contribution in [1.82, 2.24) is 4.90 Å². The van der Waals surface area contributed by atoms with Gasteiger partial charge in [0.05, 0.1) is 6.10 Å². The number of allylic oxidation sites excluding steroid dienone is 2. The second-order valence-corrected chi connectivity index (χ2v) is 10.3. The van der Waals surface area contributed by atoms with Crippen molar-refractivity contribution in [2.45, 2.75) is 90.2 Å². The van der Waals surface area contributed by atoms with Crippen LogP contribution in [0.2, 0.25) is 0 Å². The molecule has 1 amide bonds. The third kappa shape index (κ3) is 3.92. The van der Waals surface area contributed by atoms with Gasteiger partial charge in [0.2, 0.25) is 0 Å². The van der Waals surface area contributed by atoms with Crippen LogP contribution in [-0.2, 0) is 9.53 Å². The van der Waals surface area contributed by atoms with Crippen LogP contribution >= 0.6 is 0 Å². The molecule has 0 aromatic carbocycles. The van der Waals surface area contributed by atoms with E-state index in [4.69, 9.17) is 9.73 Å². The second kappa shape index (κ2) is 9.38. The summed E-state index contributed by atoms with van der Waals surface area (Å²) < 4.78 is 5.66. The number of methoxy groups -OCH3 is 1. The summed E-state index contributed by atoms with van der Waals surface area (Å²) in [6, 6.07) is 0. The number of hydrogen-bond acceptors (Lipinski definition) is 3. The molecule has 0 saturated heterocycles. The minimum absolute atomic E-state index is 0.148. The molecule has 0 radical (unpaired) electrons. The molecule has 168 valence electrons. The van der Waals surface area contributed by atoms with E-state index in [-0.39, 0.29) is 11.3 Å². The zero-order chi connectivity index (χ0) is 21.9. The highest BCUT2D eigenvalue weighted by Crippen LogP contribution is 2.63. The van der Waals surface area contributed by atoms with Crippen molar-refractivity contribution in [3.63, 3.8) is 0 Å². The number of fused-ring (bicyclic) bond motifs is 1. The van der Waals surface area contributed by atoms with Gasteiger partial charge < -0.3 is 9.64 Å². The zero-order valence-electron chi connectivity index (χ0n) is 19.9. The summed E-state index contributed by atoms with van der Waals surface area (Å²) in [6.07, 6.45) is 14.5. The Morgan fingerprint density at radius 2 is 2.07 bits per heavy atom. The minimum Gasteiger partial charge on any atom is -0.381 e. The lowest BCUT2D eigenvalue weighted by molar-refractivity contribution is -0.139. The summed E-state index contributed by atoms with van der Waals surface area (Å²) in [5, 5.41) is 0. The number of rotatable bonds is 8. The third-order valence-electron chi connectivity index (χ3n) is 7.89. The maximum Gasteiger partial charge on any atom is 0.255 e. The Balaban J connectivity index is 2.03. The molecule has 0 aliphatic heterocycles. The van der Waals surface area contributed by atoms with Crippen molar-refractivity contribution < 1.29 is 9.53 Å². The van der Waals surface area contributed by atoms with Crippen LogP contribution in [0.3, 0.4) is 0 Å². The summed E-state index contributed by atoms with van der Waals surface area (Å²) in [5.74, 6) is 1.35. The van der Waals surface area contributed by atoms with Crippen LogP contribution in [0.25, 0.3) is 0 Å². The fourth-order valence-electron chi connectivity index (χ4n) is 6.16. The number of likely N-dealkylation sites (N-methyl/N-ethyl adjacent to an activating group) is 1. The SMILES string of the molecule is C=NC1(C(=O)N(C)CCC)C2=CC(CCC(C)C)CC=C2CC12CCC(OC)CC2. The number of carbonyl (C=O) groups is 1. The van der Waals surface area contributed by atoms with E-state index in [2.05, 4.69) is 39.6 Å². The zero-order valence-corrected chi connectivity index (χ0v) is 19.9. The molecule has 0 bridgehead atoms. The first-order chi connectivity index (χ1) is 14.3. The van der Waals surface area contributed by atoms with Gasteiger partial charge in [-0.1, -0.05) is 39.3 Å². The van der Waals surface area contributed by atoms with Crippen molar-refractivity contribution in [3.8, 4) is 0 Å². The maximum atomic E-state index is 14.0. The molecule has 3 rings (SSSR count). The van der Waals surface area contributed by atoms with E-state index >= 15 is 0 Å². The Bertz CT molecular complexity index is 700. The van der Waals surface area contributed by atoms with Crippen LogP contribution in [0.5, 0.6) is 0 Å². The highest BCUT2D eigenvalue weighted by molar-refractivity contribution is 5.95. The van der Waals surface area contributed by atoms with Crippen molar-refractivity contribution in [3.05, 3.63) is 23.3 Å². The van der Waals surface area contributed by atoms with Crippen LogP contribution in [0.1, 0.15) is 78.6 Å². The van der Waals surface area contributed by atoms with Crippen LogP contribution in [0.4, 0.5) is 0 Å². The van der Waals surface area contributed by atoms with E-state index in [9.17, 15) is 4.79 Å². The van der Waals surface area contributed by atoms with Gasteiger partial charge in [-0.25, -0.2) is 0 Å². The van der Waals surface area contributed by atoms with E-state index in [1.54, 1.807) is 7.11 Å². The predicted octanol–water partition coefficient (Wildman–Crippen LogP) is 5.58. The number of carbonyl (C=O) groups excluding carboxylic acids is 1. The Morgan fingerprint density at radius 3 is 2.63 bits per heavy atom.